The molecule has 0 spiro atoms. The van der Waals surface area contributed by atoms with Crippen molar-refractivity contribution in [1.82, 2.24) is 14.8 Å². The van der Waals surface area contributed by atoms with E-state index in [1.807, 2.05) is 25.1 Å². The van der Waals surface area contributed by atoms with Gasteiger partial charge in [-0.15, -0.1) is 10.2 Å². The zero-order valence-corrected chi connectivity index (χ0v) is 12.3. The normalized spacial score (nSPS) is 11.0. The number of aryl methyl sites for hydroxylation is 1. The van der Waals surface area contributed by atoms with Crippen molar-refractivity contribution in [3.05, 3.63) is 78.6 Å². The maximum Gasteiger partial charge on any atom is 0.168 e. The van der Waals surface area contributed by atoms with Gasteiger partial charge in [0.25, 0.3) is 0 Å². The molecule has 1 aromatic heterocycles. The molecule has 0 aliphatic heterocycles. The van der Waals surface area contributed by atoms with E-state index in [2.05, 4.69) is 69.4 Å². The van der Waals surface area contributed by atoms with Crippen LogP contribution >= 0.6 is 0 Å². The minimum atomic E-state index is 0.870. The van der Waals surface area contributed by atoms with E-state index in [1.54, 1.807) is 0 Å². The molecule has 0 bridgehead atoms. The van der Waals surface area contributed by atoms with E-state index in [1.165, 1.54) is 10.8 Å². The van der Waals surface area contributed by atoms with E-state index >= 15 is 0 Å². The molecule has 22 heavy (non-hydrogen) atoms. The molecule has 0 aliphatic carbocycles. The molecule has 0 fully saturated rings. The molecular weight excluding hydrogens is 270 g/mol. The fourth-order valence-electron chi connectivity index (χ4n) is 2.83. The minimum Gasteiger partial charge on any atom is -0.279 e. The highest BCUT2D eigenvalue weighted by molar-refractivity contribution is 5.90. The van der Waals surface area contributed by atoms with Gasteiger partial charge >= 0.3 is 0 Å². The molecule has 0 aliphatic rings. The maximum atomic E-state index is 4.38. The lowest BCUT2D eigenvalue weighted by molar-refractivity contribution is 0.978. The van der Waals surface area contributed by atoms with Crippen LogP contribution in [0.2, 0.25) is 0 Å². The summed E-state index contributed by atoms with van der Waals surface area (Å²) in [5.74, 6) is 1.75. The summed E-state index contributed by atoms with van der Waals surface area (Å²) < 4.78 is 2.12. The first-order valence-corrected chi connectivity index (χ1v) is 7.30. The number of hydrogen-bond donors (Lipinski definition) is 0. The first-order chi connectivity index (χ1) is 10.8. The quantitative estimate of drug-likeness (QED) is 0.546. The van der Waals surface area contributed by atoms with Crippen LogP contribution in [-0.2, 0) is 0 Å². The van der Waals surface area contributed by atoms with Gasteiger partial charge in [0.2, 0.25) is 0 Å². The molecule has 4 aromatic rings. The van der Waals surface area contributed by atoms with Crippen LogP contribution in [0.4, 0.5) is 0 Å². The van der Waals surface area contributed by atoms with Gasteiger partial charge in [-0.25, -0.2) is 0 Å². The van der Waals surface area contributed by atoms with Gasteiger partial charge < -0.3 is 0 Å². The summed E-state index contributed by atoms with van der Waals surface area (Å²) in [6.07, 6.45) is 0. The smallest absolute Gasteiger partial charge is 0.168 e. The Morgan fingerprint density at radius 3 is 2.32 bits per heavy atom. The lowest BCUT2D eigenvalue weighted by Crippen LogP contribution is -2.00. The number of aromatic nitrogens is 3. The Kier molecular flexibility index (Phi) is 2.97. The van der Waals surface area contributed by atoms with Gasteiger partial charge in [0, 0.05) is 10.9 Å². The molecule has 0 radical (unpaired) electrons. The number of nitrogens with zero attached hydrogens (tertiary/aromatic N) is 3. The van der Waals surface area contributed by atoms with Crippen LogP contribution in [0.25, 0.3) is 27.8 Å². The van der Waals surface area contributed by atoms with E-state index in [0.717, 1.165) is 22.9 Å². The molecule has 4 rings (SSSR count). The number of fused-ring (bicyclic) bond motifs is 1. The predicted octanol–water partition coefficient (Wildman–Crippen LogP) is 4.40. The van der Waals surface area contributed by atoms with E-state index < -0.39 is 0 Å². The van der Waals surface area contributed by atoms with Crippen LogP contribution in [0.15, 0.2) is 72.8 Å². The molecule has 1 heterocycles. The third-order valence-corrected chi connectivity index (χ3v) is 3.86. The second-order valence-electron chi connectivity index (χ2n) is 5.27. The van der Waals surface area contributed by atoms with Gasteiger partial charge in [0.15, 0.2) is 5.82 Å². The second-order valence-corrected chi connectivity index (χ2v) is 5.27. The van der Waals surface area contributed by atoms with Gasteiger partial charge in [0.05, 0.1) is 5.69 Å². The third-order valence-electron chi connectivity index (χ3n) is 3.86. The van der Waals surface area contributed by atoms with E-state index in [0.29, 0.717) is 0 Å². The van der Waals surface area contributed by atoms with Crippen molar-refractivity contribution in [2.24, 2.45) is 0 Å². The zero-order valence-electron chi connectivity index (χ0n) is 12.3. The largest absolute Gasteiger partial charge is 0.279 e. The molecule has 3 heteroatoms. The zero-order chi connectivity index (χ0) is 14.9. The van der Waals surface area contributed by atoms with Crippen LogP contribution in [0, 0.1) is 6.92 Å². The summed E-state index contributed by atoms with van der Waals surface area (Å²) in [6.45, 7) is 1.99. The standard InChI is InChI=1S/C19H15N3/c1-14-20-21-19(16-9-3-2-4-10-16)22(14)18-13-7-11-15-8-5-6-12-17(15)18/h2-13H,1H3. The summed E-state index contributed by atoms with van der Waals surface area (Å²) in [5.41, 5.74) is 2.18. The molecular formula is C19H15N3. The molecule has 0 unspecified atom stereocenters. The highest BCUT2D eigenvalue weighted by Crippen LogP contribution is 2.27. The topological polar surface area (TPSA) is 30.7 Å². The third kappa shape index (κ3) is 1.99. The first-order valence-electron chi connectivity index (χ1n) is 7.30. The molecule has 0 saturated heterocycles. The Balaban J connectivity index is 2.02. The molecule has 3 nitrogen and oxygen atoms in total. The SMILES string of the molecule is Cc1nnc(-c2ccccc2)n1-c1cccc2ccccc12. The van der Waals surface area contributed by atoms with E-state index in [9.17, 15) is 0 Å². The van der Waals surface area contributed by atoms with Gasteiger partial charge in [-0.1, -0.05) is 66.7 Å². The summed E-state index contributed by atoms with van der Waals surface area (Å²) >= 11 is 0. The number of rotatable bonds is 2. The van der Waals surface area contributed by atoms with Gasteiger partial charge in [0.1, 0.15) is 5.82 Å². The fraction of sp³-hybridized carbons (Fsp3) is 0.0526. The van der Waals surface area contributed by atoms with E-state index in [4.69, 9.17) is 0 Å². The van der Waals surface area contributed by atoms with Crippen LogP contribution in [-0.4, -0.2) is 14.8 Å². The first kappa shape index (κ1) is 12.8. The van der Waals surface area contributed by atoms with Gasteiger partial charge in [-0.2, -0.15) is 0 Å². The van der Waals surface area contributed by atoms with Crippen molar-refractivity contribution < 1.29 is 0 Å². The molecule has 0 N–H and O–H groups in total. The lowest BCUT2D eigenvalue weighted by atomic mass is 10.1. The summed E-state index contributed by atoms with van der Waals surface area (Å²) in [4.78, 5) is 0. The monoisotopic (exact) mass is 285 g/mol. The Labute approximate surface area is 128 Å². The lowest BCUT2D eigenvalue weighted by Gasteiger charge is -2.12. The average molecular weight is 285 g/mol. The average Bonchev–Trinajstić information content (AvgIpc) is 2.96. The number of hydrogen-bond acceptors (Lipinski definition) is 2. The summed E-state index contributed by atoms with van der Waals surface area (Å²) in [5, 5.41) is 11.1. The summed E-state index contributed by atoms with van der Waals surface area (Å²) in [6, 6.07) is 24.9. The van der Waals surface area contributed by atoms with Crippen molar-refractivity contribution in [3.63, 3.8) is 0 Å². The Morgan fingerprint density at radius 2 is 1.45 bits per heavy atom. The van der Waals surface area contributed by atoms with Crippen molar-refractivity contribution >= 4 is 10.8 Å². The van der Waals surface area contributed by atoms with Crippen molar-refractivity contribution in [3.8, 4) is 17.1 Å². The van der Waals surface area contributed by atoms with Crippen LogP contribution in [0.1, 0.15) is 5.82 Å². The maximum absolute atomic E-state index is 4.38. The van der Waals surface area contributed by atoms with Gasteiger partial charge in [-0.05, 0) is 18.4 Å². The highest BCUT2D eigenvalue weighted by atomic mass is 15.3. The van der Waals surface area contributed by atoms with Crippen molar-refractivity contribution in [2.75, 3.05) is 0 Å². The highest BCUT2D eigenvalue weighted by Gasteiger charge is 2.14. The van der Waals surface area contributed by atoms with Gasteiger partial charge in [-0.3, -0.25) is 4.57 Å². The molecule has 0 amide bonds. The van der Waals surface area contributed by atoms with Crippen LogP contribution < -0.4 is 0 Å². The van der Waals surface area contributed by atoms with Crippen LogP contribution in [0.3, 0.4) is 0 Å². The number of benzene rings is 3. The van der Waals surface area contributed by atoms with Crippen molar-refractivity contribution in [1.29, 1.82) is 0 Å². The van der Waals surface area contributed by atoms with E-state index in [-0.39, 0.29) is 0 Å². The van der Waals surface area contributed by atoms with Crippen molar-refractivity contribution in [2.45, 2.75) is 6.92 Å². The molecule has 3 aromatic carbocycles. The molecule has 0 saturated carbocycles. The second kappa shape index (κ2) is 5.11. The Bertz CT molecular complexity index is 934. The minimum absolute atomic E-state index is 0.870. The predicted molar refractivity (Wildman–Crippen MR) is 89.0 cm³/mol. The molecule has 106 valence electrons. The van der Waals surface area contributed by atoms with Crippen LogP contribution in [0.5, 0.6) is 0 Å². The Hall–Kier alpha value is -2.94. The molecule has 0 atom stereocenters. The Morgan fingerprint density at radius 1 is 0.727 bits per heavy atom. The summed E-state index contributed by atoms with van der Waals surface area (Å²) in [7, 11) is 0. The fourth-order valence-corrected chi connectivity index (χ4v) is 2.83.